The van der Waals surface area contributed by atoms with Gasteiger partial charge in [0.25, 0.3) is 0 Å². The molecule has 0 aliphatic rings. The van der Waals surface area contributed by atoms with Crippen molar-refractivity contribution in [3.05, 3.63) is 26.9 Å². The Morgan fingerprint density at radius 2 is 2.33 bits per heavy atom. The molecule has 0 fully saturated rings. The smallest absolute Gasteiger partial charge is 0.329 e. The van der Waals surface area contributed by atoms with Crippen LogP contribution in [0.2, 0.25) is 5.02 Å². The molecule has 0 aromatic carbocycles. The van der Waals surface area contributed by atoms with Crippen molar-refractivity contribution in [2.45, 2.75) is 6.92 Å². The Balaban J connectivity index is 3.38. The molecule has 1 aromatic heterocycles. The summed E-state index contributed by atoms with van der Waals surface area (Å²) in [6, 6.07) is 1.40. The number of pyridine rings is 1. The van der Waals surface area contributed by atoms with Gasteiger partial charge in [0.1, 0.15) is 5.02 Å². The van der Waals surface area contributed by atoms with Crippen LogP contribution in [0.25, 0.3) is 0 Å². The van der Waals surface area contributed by atoms with Crippen molar-refractivity contribution in [2.24, 2.45) is 0 Å². The number of halogens is 1. The molecule has 1 heterocycles. The molecular formula is C6H6ClN3O2. The third-order valence-corrected chi connectivity index (χ3v) is 1.57. The van der Waals surface area contributed by atoms with Crippen molar-refractivity contribution in [3.8, 4) is 0 Å². The topological polar surface area (TPSA) is 82.0 Å². The predicted octanol–water partition coefficient (Wildman–Crippen LogP) is 1.53. The second kappa shape index (κ2) is 2.94. The van der Waals surface area contributed by atoms with E-state index in [2.05, 4.69) is 4.98 Å². The minimum absolute atomic E-state index is 0.0185. The lowest BCUT2D eigenvalue weighted by atomic mass is 10.3. The fraction of sp³-hybridized carbons (Fsp3) is 0.167. The summed E-state index contributed by atoms with van der Waals surface area (Å²) in [4.78, 5) is 13.4. The Bertz CT molecular complexity index is 317. The first-order valence-electron chi connectivity index (χ1n) is 3.09. The normalized spacial score (nSPS) is 9.83. The van der Waals surface area contributed by atoms with E-state index in [0.29, 0.717) is 5.69 Å². The van der Waals surface area contributed by atoms with Crippen LogP contribution < -0.4 is 5.73 Å². The minimum atomic E-state index is -0.649. The molecule has 0 saturated heterocycles. The molecule has 0 saturated carbocycles. The molecule has 64 valence electrons. The zero-order valence-corrected chi connectivity index (χ0v) is 7.00. The van der Waals surface area contributed by atoms with Gasteiger partial charge < -0.3 is 5.73 Å². The molecule has 0 amide bonds. The zero-order chi connectivity index (χ0) is 9.30. The van der Waals surface area contributed by atoms with Gasteiger partial charge in [0.2, 0.25) is 5.82 Å². The van der Waals surface area contributed by atoms with Crippen LogP contribution in [0.4, 0.5) is 11.5 Å². The first kappa shape index (κ1) is 8.73. The van der Waals surface area contributed by atoms with Crippen molar-refractivity contribution in [3.63, 3.8) is 0 Å². The van der Waals surface area contributed by atoms with Crippen LogP contribution in [0.5, 0.6) is 0 Å². The van der Waals surface area contributed by atoms with Crippen LogP contribution in [0.3, 0.4) is 0 Å². The molecule has 0 bridgehead atoms. The van der Waals surface area contributed by atoms with Crippen molar-refractivity contribution in [1.29, 1.82) is 0 Å². The second-order valence-corrected chi connectivity index (χ2v) is 2.64. The van der Waals surface area contributed by atoms with E-state index in [1.54, 1.807) is 6.92 Å². The third-order valence-electron chi connectivity index (χ3n) is 1.28. The van der Waals surface area contributed by atoms with E-state index < -0.39 is 4.92 Å². The van der Waals surface area contributed by atoms with Crippen LogP contribution in [-0.2, 0) is 0 Å². The standard InChI is InChI=1S/C6H6ClN3O2/c1-3-2-4(7)5(10(11)12)6(8)9-3/h2H,1H3,(H2,8,9). The fourth-order valence-electron chi connectivity index (χ4n) is 0.830. The number of hydrogen-bond donors (Lipinski definition) is 1. The van der Waals surface area contributed by atoms with Gasteiger partial charge >= 0.3 is 5.69 Å². The average Bonchev–Trinajstić information content (AvgIpc) is 1.82. The molecule has 1 aromatic rings. The Hall–Kier alpha value is -1.36. The highest BCUT2D eigenvalue weighted by Crippen LogP contribution is 2.29. The first-order chi connectivity index (χ1) is 5.52. The van der Waals surface area contributed by atoms with E-state index in [0.717, 1.165) is 0 Å². The van der Waals surface area contributed by atoms with Gasteiger partial charge in [0.15, 0.2) is 0 Å². The summed E-state index contributed by atoms with van der Waals surface area (Å²) in [5.74, 6) is -0.148. The molecular weight excluding hydrogens is 182 g/mol. The summed E-state index contributed by atoms with van der Waals surface area (Å²) in [6.07, 6.45) is 0. The Kier molecular flexibility index (Phi) is 2.14. The molecule has 2 N–H and O–H groups in total. The summed E-state index contributed by atoms with van der Waals surface area (Å²) < 4.78 is 0. The number of rotatable bonds is 1. The Morgan fingerprint density at radius 3 is 2.75 bits per heavy atom. The number of hydrogen-bond acceptors (Lipinski definition) is 4. The molecule has 0 unspecified atom stereocenters. The average molecular weight is 188 g/mol. The SMILES string of the molecule is Cc1cc(Cl)c([N+](=O)[O-])c(N)n1. The van der Waals surface area contributed by atoms with Gasteiger partial charge in [0.05, 0.1) is 4.92 Å². The van der Waals surface area contributed by atoms with Crippen LogP contribution in [0.1, 0.15) is 5.69 Å². The molecule has 5 nitrogen and oxygen atoms in total. The van der Waals surface area contributed by atoms with E-state index in [9.17, 15) is 10.1 Å². The number of anilines is 1. The van der Waals surface area contributed by atoms with E-state index in [4.69, 9.17) is 17.3 Å². The summed E-state index contributed by atoms with van der Waals surface area (Å²) in [5, 5.41) is 10.4. The molecule has 6 heteroatoms. The Morgan fingerprint density at radius 1 is 1.75 bits per heavy atom. The highest BCUT2D eigenvalue weighted by atomic mass is 35.5. The second-order valence-electron chi connectivity index (χ2n) is 2.24. The van der Waals surface area contributed by atoms with Gasteiger partial charge in [-0.2, -0.15) is 0 Å². The van der Waals surface area contributed by atoms with Crippen LogP contribution in [0.15, 0.2) is 6.07 Å². The van der Waals surface area contributed by atoms with Gasteiger partial charge in [-0.05, 0) is 13.0 Å². The van der Waals surface area contributed by atoms with Gasteiger partial charge in [-0.15, -0.1) is 0 Å². The lowest BCUT2D eigenvalue weighted by Gasteiger charge is -1.99. The summed E-state index contributed by atoms with van der Waals surface area (Å²) >= 11 is 5.57. The summed E-state index contributed by atoms with van der Waals surface area (Å²) in [6.45, 7) is 1.66. The fourth-order valence-corrected chi connectivity index (χ4v) is 1.15. The lowest BCUT2D eigenvalue weighted by Crippen LogP contribution is -2.00. The Labute approximate surface area is 73.3 Å². The maximum absolute atomic E-state index is 10.4. The predicted molar refractivity (Wildman–Crippen MR) is 45.1 cm³/mol. The third kappa shape index (κ3) is 1.45. The van der Waals surface area contributed by atoms with Crippen molar-refractivity contribution < 1.29 is 4.92 Å². The van der Waals surface area contributed by atoms with Crippen LogP contribution in [-0.4, -0.2) is 9.91 Å². The van der Waals surface area contributed by atoms with Gasteiger partial charge in [0, 0.05) is 5.69 Å². The van der Waals surface area contributed by atoms with E-state index in [1.807, 2.05) is 0 Å². The lowest BCUT2D eigenvalue weighted by molar-refractivity contribution is -0.384. The maximum Gasteiger partial charge on any atom is 0.329 e. The number of nitrogen functional groups attached to an aromatic ring is 1. The molecule has 1 rings (SSSR count). The molecule has 0 aliphatic heterocycles. The van der Waals surface area contributed by atoms with Crippen LogP contribution >= 0.6 is 11.6 Å². The molecule has 0 atom stereocenters. The van der Waals surface area contributed by atoms with Gasteiger partial charge in [-0.1, -0.05) is 11.6 Å². The van der Waals surface area contributed by atoms with E-state index in [-0.39, 0.29) is 16.5 Å². The first-order valence-corrected chi connectivity index (χ1v) is 3.47. The number of nitro groups is 1. The van der Waals surface area contributed by atoms with Crippen LogP contribution in [0, 0.1) is 17.0 Å². The highest BCUT2D eigenvalue weighted by molar-refractivity contribution is 6.33. The monoisotopic (exact) mass is 187 g/mol. The molecule has 0 spiro atoms. The van der Waals surface area contributed by atoms with E-state index in [1.165, 1.54) is 6.07 Å². The zero-order valence-electron chi connectivity index (χ0n) is 6.24. The van der Waals surface area contributed by atoms with Gasteiger partial charge in [-0.25, -0.2) is 4.98 Å². The molecule has 0 radical (unpaired) electrons. The number of aryl methyl sites for hydroxylation is 1. The number of aromatic nitrogens is 1. The minimum Gasteiger partial charge on any atom is -0.378 e. The highest BCUT2D eigenvalue weighted by Gasteiger charge is 2.18. The largest absolute Gasteiger partial charge is 0.378 e. The number of nitrogens with two attached hydrogens (primary N) is 1. The quantitative estimate of drug-likeness (QED) is 0.534. The number of nitrogens with zero attached hydrogens (tertiary/aromatic N) is 2. The van der Waals surface area contributed by atoms with Gasteiger partial charge in [-0.3, -0.25) is 10.1 Å². The molecule has 12 heavy (non-hydrogen) atoms. The summed E-state index contributed by atoms with van der Waals surface area (Å²) in [7, 11) is 0. The van der Waals surface area contributed by atoms with Crippen molar-refractivity contribution in [2.75, 3.05) is 5.73 Å². The molecule has 0 aliphatic carbocycles. The summed E-state index contributed by atoms with van der Waals surface area (Å²) in [5.41, 5.74) is 5.51. The van der Waals surface area contributed by atoms with Crippen molar-refractivity contribution in [1.82, 2.24) is 4.98 Å². The van der Waals surface area contributed by atoms with Crippen molar-refractivity contribution >= 4 is 23.1 Å². The maximum atomic E-state index is 10.4. The van der Waals surface area contributed by atoms with E-state index >= 15 is 0 Å².